The van der Waals surface area contributed by atoms with Gasteiger partial charge in [0.25, 0.3) is 0 Å². The Balaban J connectivity index is 1.52. The first kappa shape index (κ1) is 27.5. The highest BCUT2D eigenvalue weighted by molar-refractivity contribution is 5.14. The molecule has 8 nitrogen and oxygen atoms in total. The highest BCUT2D eigenvalue weighted by Crippen LogP contribution is 2.46. The summed E-state index contributed by atoms with van der Waals surface area (Å²) in [6.07, 6.45) is 4.67. The van der Waals surface area contributed by atoms with Gasteiger partial charge in [0.2, 0.25) is 0 Å². The molecule has 2 aliphatic rings. The first-order chi connectivity index (χ1) is 16.7. The van der Waals surface area contributed by atoms with E-state index in [0.29, 0.717) is 44.7 Å². The van der Waals surface area contributed by atoms with Crippen molar-refractivity contribution in [3.05, 3.63) is 35.9 Å². The fourth-order valence-corrected chi connectivity index (χ4v) is 5.04. The standard InChI is InChI=1S/C26H42O8/c1-28-12-14-30-18-32-21(9-8-20-6-4-3-5-7-20)10-11-22-23-16-26(27)34-25(23)17-24(22)33-19-31-15-13-29-2/h3-7,21-27H,8-19H2,1-2H3/t21?,22-,23-,24-,25+,26?/m1/s1. The van der Waals surface area contributed by atoms with Crippen molar-refractivity contribution in [2.24, 2.45) is 11.8 Å². The van der Waals surface area contributed by atoms with Crippen molar-refractivity contribution < 1.29 is 38.3 Å². The highest BCUT2D eigenvalue weighted by Gasteiger charge is 2.49. The average molecular weight is 483 g/mol. The largest absolute Gasteiger partial charge is 0.382 e. The van der Waals surface area contributed by atoms with E-state index >= 15 is 0 Å². The second kappa shape index (κ2) is 15.8. The molecule has 1 aliphatic heterocycles. The van der Waals surface area contributed by atoms with Crippen molar-refractivity contribution in [1.82, 2.24) is 0 Å². The molecule has 0 spiro atoms. The maximum atomic E-state index is 10.0. The normalized spacial score (nSPS) is 27.2. The second-order valence-electron chi connectivity index (χ2n) is 9.06. The first-order valence-corrected chi connectivity index (χ1v) is 12.4. The molecule has 8 heteroatoms. The Hall–Kier alpha value is -1.10. The Bertz CT molecular complexity index is 645. The molecular formula is C26H42O8. The number of fused-ring (bicyclic) bond motifs is 1. The summed E-state index contributed by atoms with van der Waals surface area (Å²) in [4.78, 5) is 0. The van der Waals surface area contributed by atoms with Gasteiger partial charge in [-0.25, -0.2) is 0 Å². The molecule has 34 heavy (non-hydrogen) atoms. The molecule has 2 fully saturated rings. The minimum absolute atomic E-state index is 0.0463. The molecule has 1 saturated carbocycles. The summed E-state index contributed by atoms with van der Waals surface area (Å²) in [7, 11) is 3.31. The first-order valence-electron chi connectivity index (χ1n) is 12.4. The van der Waals surface area contributed by atoms with Gasteiger partial charge < -0.3 is 38.3 Å². The maximum Gasteiger partial charge on any atom is 0.155 e. The number of hydrogen-bond donors (Lipinski definition) is 1. The molecule has 0 amide bonds. The zero-order valence-corrected chi connectivity index (χ0v) is 20.6. The summed E-state index contributed by atoms with van der Waals surface area (Å²) >= 11 is 0. The van der Waals surface area contributed by atoms with E-state index in [9.17, 15) is 5.11 Å². The number of aliphatic hydroxyl groups is 1. The zero-order valence-electron chi connectivity index (χ0n) is 20.6. The molecule has 1 aliphatic carbocycles. The monoisotopic (exact) mass is 482 g/mol. The van der Waals surface area contributed by atoms with Gasteiger partial charge in [0.1, 0.15) is 13.6 Å². The fraction of sp³-hybridized carbons (Fsp3) is 0.769. The van der Waals surface area contributed by atoms with Crippen LogP contribution in [0.15, 0.2) is 30.3 Å². The fourth-order valence-electron chi connectivity index (χ4n) is 5.04. The second-order valence-corrected chi connectivity index (χ2v) is 9.06. The maximum absolute atomic E-state index is 10.0. The van der Waals surface area contributed by atoms with Crippen LogP contribution in [0, 0.1) is 11.8 Å². The number of ether oxygens (including phenoxy) is 7. The molecule has 0 bridgehead atoms. The van der Waals surface area contributed by atoms with E-state index in [-0.39, 0.29) is 31.9 Å². The summed E-state index contributed by atoms with van der Waals surface area (Å²) in [5.41, 5.74) is 1.30. The van der Waals surface area contributed by atoms with Crippen molar-refractivity contribution in [3.63, 3.8) is 0 Å². The van der Waals surface area contributed by atoms with Crippen LogP contribution in [0.1, 0.15) is 37.7 Å². The van der Waals surface area contributed by atoms with E-state index in [0.717, 1.165) is 32.1 Å². The average Bonchev–Trinajstić information content (AvgIpc) is 3.36. The summed E-state index contributed by atoms with van der Waals surface area (Å²) in [6, 6.07) is 10.5. The van der Waals surface area contributed by atoms with Crippen LogP contribution in [-0.4, -0.2) is 83.9 Å². The van der Waals surface area contributed by atoms with Gasteiger partial charge in [-0.3, -0.25) is 0 Å². The topological polar surface area (TPSA) is 84.8 Å². The summed E-state index contributed by atoms with van der Waals surface area (Å²) in [5, 5.41) is 10.0. The molecule has 2 unspecified atom stereocenters. The highest BCUT2D eigenvalue weighted by atomic mass is 16.7. The van der Waals surface area contributed by atoms with Crippen LogP contribution < -0.4 is 0 Å². The molecular weight excluding hydrogens is 440 g/mol. The Morgan fingerprint density at radius 3 is 2.41 bits per heavy atom. The molecule has 1 aromatic carbocycles. The van der Waals surface area contributed by atoms with Crippen molar-refractivity contribution in [2.75, 3.05) is 54.2 Å². The molecule has 1 saturated heterocycles. The molecule has 1 aromatic rings. The number of benzene rings is 1. The van der Waals surface area contributed by atoms with Crippen LogP contribution in [0.2, 0.25) is 0 Å². The predicted octanol–water partition coefficient (Wildman–Crippen LogP) is 3.15. The van der Waals surface area contributed by atoms with Gasteiger partial charge >= 0.3 is 0 Å². The zero-order chi connectivity index (χ0) is 24.0. The van der Waals surface area contributed by atoms with Crippen LogP contribution in [0.25, 0.3) is 0 Å². The predicted molar refractivity (Wildman–Crippen MR) is 126 cm³/mol. The number of hydrogen-bond acceptors (Lipinski definition) is 8. The van der Waals surface area contributed by atoms with Gasteiger partial charge in [0.05, 0.1) is 44.7 Å². The third-order valence-electron chi connectivity index (χ3n) is 6.81. The van der Waals surface area contributed by atoms with E-state index in [1.807, 2.05) is 6.07 Å². The van der Waals surface area contributed by atoms with Gasteiger partial charge in [-0.05, 0) is 43.1 Å². The number of rotatable bonds is 18. The molecule has 194 valence electrons. The minimum Gasteiger partial charge on any atom is -0.382 e. The molecule has 0 aromatic heterocycles. The number of aryl methyl sites for hydroxylation is 1. The van der Waals surface area contributed by atoms with Crippen LogP contribution in [0.5, 0.6) is 0 Å². The molecule has 0 radical (unpaired) electrons. The van der Waals surface area contributed by atoms with Crippen molar-refractivity contribution in [3.8, 4) is 0 Å². The lowest BCUT2D eigenvalue weighted by molar-refractivity contribution is -0.128. The van der Waals surface area contributed by atoms with E-state index in [4.69, 9.17) is 33.2 Å². The van der Waals surface area contributed by atoms with Gasteiger partial charge in [0, 0.05) is 27.1 Å². The van der Waals surface area contributed by atoms with Gasteiger partial charge in [-0.1, -0.05) is 30.3 Å². The Kier molecular flexibility index (Phi) is 12.8. The number of aliphatic hydroxyl groups excluding tert-OH is 1. The molecule has 6 atom stereocenters. The Morgan fingerprint density at radius 1 is 0.941 bits per heavy atom. The van der Waals surface area contributed by atoms with Gasteiger partial charge in [-0.2, -0.15) is 0 Å². The van der Waals surface area contributed by atoms with Crippen molar-refractivity contribution in [1.29, 1.82) is 0 Å². The van der Waals surface area contributed by atoms with Crippen LogP contribution in [0.3, 0.4) is 0 Å². The van der Waals surface area contributed by atoms with E-state index in [1.165, 1.54) is 5.56 Å². The van der Waals surface area contributed by atoms with Crippen molar-refractivity contribution >= 4 is 0 Å². The van der Waals surface area contributed by atoms with E-state index in [2.05, 4.69) is 24.3 Å². The summed E-state index contributed by atoms with van der Waals surface area (Å²) < 4.78 is 39.1. The van der Waals surface area contributed by atoms with Gasteiger partial charge in [0.15, 0.2) is 6.29 Å². The third-order valence-corrected chi connectivity index (χ3v) is 6.81. The number of methoxy groups -OCH3 is 2. The third kappa shape index (κ3) is 9.17. The van der Waals surface area contributed by atoms with E-state index in [1.54, 1.807) is 14.2 Å². The quantitative estimate of drug-likeness (QED) is 0.252. The van der Waals surface area contributed by atoms with Crippen LogP contribution in [0.4, 0.5) is 0 Å². The Labute approximate surface area is 203 Å². The van der Waals surface area contributed by atoms with Crippen LogP contribution >= 0.6 is 0 Å². The molecule has 1 heterocycles. The molecule has 3 rings (SSSR count). The lowest BCUT2D eigenvalue weighted by Gasteiger charge is -2.26. The van der Waals surface area contributed by atoms with E-state index < -0.39 is 6.29 Å². The Morgan fingerprint density at radius 2 is 1.68 bits per heavy atom. The van der Waals surface area contributed by atoms with Crippen LogP contribution in [-0.2, 0) is 39.6 Å². The summed E-state index contributed by atoms with van der Waals surface area (Å²) in [6.45, 7) is 2.63. The van der Waals surface area contributed by atoms with Crippen molar-refractivity contribution in [2.45, 2.75) is 63.1 Å². The lowest BCUT2D eigenvalue weighted by atomic mass is 9.86. The minimum atomic E-state index is -0.671. The van der Waals surface area contributed by atoms with Gasteiger partial charge in [-0.15, -0.1) is 0 Å². The molecule has 1 N–H and O–H groups in total. The lowest BCUT2D eigenvalue weighted by Crippen LogP contribution is -2.27. The summed E-state index contributed by atoms with van der Waals surface area (Å²) in [5.74, 6) is 0.595. The smallest absolute Gasteiger partial charge is 0.155 e. The SMILES string of the molecule is COCCOCOC(CCc1ccccc1)CC[C@@H]1[C@H]2CC(O)O[C@H]2C[C@H]1OCOCCOC.